The second-order valence-electron chi connectivity index (χ2n) is 4.13. The number of rotatable bonds is 5. The summed E-state index contributed by atoms with van der Waals surface area (Å²) in [7, 11) is 1.24. The third kappa shape index (κ3) is 4.24. The maximum atomic E-state index is 12.9. The quantitative estimate of drug-likeness (QED) is 0.841. The van der Waals surface area contributed by atoms with Gasteiger partial charge in [-0.15, -0.1) is 0 Å². The zero-order chi connectivity index (χ0) is 14.5. The van der Waals surface area contributed by atoms with Crippen LogP contribution in [0.5, 0.6) is 0 Å². The van der Waals surface area contributed by atoms with Gasteiger partial charge in [-0.25, -0.2) is 0 Å². The molecule has 106 valence electrons. The average molecular weight is 275 g/mol. The molecule has 0 saturated carbocycles. The third-order valence-corrected chi connectivity index (χ3v) is 2.92. The predicted octanol–water partition coefficient (Wildman–Crippen LogP) is 2.70. The summed E-state index contributed by atoms with van der Waals surface area (Å²) < 4.78 is 43.1. The normalized spacial score (nSPS) is 13.1. The Hall–Kier alpha value is -1.56. The fourth-order valence-corrected chi connectivity index (χ4v) is 1.91. The van der Waals surface area contributed by atoms with Crippen molar-refractivity contribution < 1.29 is 22.7 Å². The van der Waals surface area contributed by atoms with E-state index in [0.717, 1.165) is 6.07 Å². The Kier molecular flexibility index (Phi) is 5.35. The van der Waals surface area contributed by atoms with Gasteiger partial charge in [0.2, 0.25) is 0 Å². The van der Waals surface area contributed by atoms with E-state index in [1.165, 1.54) is 25.3 Å². The van der Waals surface area contributed by atoms with Gasteiger partial charge < -0.3 is 10.5 Å². The minimum absolute atomic E-state index is 0.0457. The molecule has 0 aliphatic rings. The fraction of sp³-hybridized carbons (Fsp3) is 0.462. The fourth-order valence-electron chi connectivity index (χ4n) is 1.91. The Morgan fingerprint density at radius 2 is 2.00 bits per heavy atom. The lowest BCUT2D eigenvalue weighted by molar-refractivity contribution is -0.140. The molecule has 0 amide bonds. The smallest absolute Gasteiger partial charge is 0.416 e. The Morgan fingerprint density at radius 3 is 2.53 bits per heavy atom. The van der Waals surface area contributed by atoms with Gasteiger partial charge in [-0.1, -0.05) is 18.2 Å². The van der Waals surface area contributed by atoms with Crippen molar-refractivity contribution in [2.45, 2.75) is 24.9 Å². The summed E-state index contributed by atoms with van der Waals surface area (Å²) >= 11 is 0. The zero-order valence-electron chi connectivity index (χ0n) is 10.5. The van der Waals surface area contributed by atoms with Crippen molar-refractivity contribution in [3.63, 3.8) is 0 Å². The van der Waals surface area contributed by atoms with Crippen molar-refractivity contribution in [2.24, 2.45) is 5.73 Å². The van der Waals surface area contributed by atoms with E-state index in [-0.39, 0.29) is 24.9 Å². The van der Waals surface area contributed by atoms with E-state index in [9.17, 15) is 18.0 Å². The summed E-state index contributed by atoms with van der Waals surface area (Å²) in [6.45, 7) is 0.0457. The Morgan fingerprint density at radius 1 is 1.37 bits per heavy atom. The molecule has 0 bridgehead atoms. The largest absolute Gasteiger partial charge is 0.469 e. The number of halogens is 3. The molecule has 1 rings (SSSR count). The minimum atomic E-state index is -4.42. The molecule has 0 saturated heterocycles. The highest BCUT2D eigenvalue weighted by Crippen LogP contribution is 2.36. The van der Waals surface area contributed by atoms with Crippen molar-refractivity contribution in [2.75, 3.05) is 13.7 Å². The van der Waals surface area contributed by atoms with Crippen LogP contribution in [-0.2, 0) is 15.7 Å². The molecular formula is C13H16F3NO2. The molecule has 0 aliphatic heterocycles. The molecule has 1 aromatic rings. The first-order valence-electron chi connectivity index (χ1n) is 5.83. The van der Waals surface area contributed by atoms with Crippen LogP contribution >= 0.6 is 0 Å². The number of carbonyl (C=O) groups is 1. The van der Waals surface area contributed by atoms with Gasteiger partial charge in [0.25, 0.3) is 0 Å². The van der Waals surface area contributed by atoms with Gasteiger partial charge >= 0.3 is 12.1 Å². The van der Waals surface area contributed by atoms with Crippen LogP contribution in [0.2, 0.25) is 0 Å². The van der Waals surface area contributed by atoms with Crippen molar-refractivity contribution in [3.05, 3.63) is 35.4 Å². The first kappa shape index (κ1) is 15.5. The summed E-state index contributed by atoms with van der Waals surface area (Å²) in [5.41, 5.74) is 4.95. The van der Waals surface area contributed by atoms with Crippen molar-refractivity contribution >= 4 is 5.97 Å². The van der Waals surface area contributed by atoms with E-state index in [0.29, 0.717) is 0 Å². The molecule has 19 heavy (non-hydrogen) atoms. The number of carbonyl (C=O) groups excluding carboxylic acids is 1. The van der Waals surface area contributed by atoms with Gasteiger partial charge in [-0.3, -0.25) is 4.79 Å². The second kappa shape index (κ2) is 6.56. The Labute approximate surface area is 109 Å². The van der Waals surface area contributed by atoms with Crippen molar-refractivity contribution in [1.29, 1.82) is 0 Å². The van der Waals surface area contributed by atoms with Gasteiger partial charge in [-0.2, -0.15) is 13.2 Å². The van der Waals surface area contributed by atoms with E-state index >= 15 is 0 Å². The van der Waals surface area contributed by atoms with Crippen LogP contribution in [0.25, 0.3) is 0 Å². The number of benzene rings is 1. The monoisotopic (exact) mass is 275 g/mol. The maximum absolute atomic E-state index is 12.9. The van der Waals surface area contributed by atoms with Crippen LogP contribution in [0.15, 0.2) is 24.3 Å². The van der Waals surface area contributed by atoms with Crippen molar-refractivity contribution in [3.8, 4) is 0 Å². The summed E-state index contributed by atoms with van der Waals surface area (Å²) in [5, 5.41) is 0. The van der Waals surface area contributed by atoms with Crippen LogP contribution in [-0.4, -0.2) is 19.6 Å². The molecule has 0 fully saturated rings. The lowest BCUT2D eigenvalue weighted by Crippen LogP contribution is -2.19. The minimum Gasteiger partial charge on any atom is -0.469 e. The number of methoxy groups -OCH3 is 1. The number of esters is 1. The van der Waals surface area contributed by atoms with E-state index in [1.807, 2.05) is 0 Å². The summed E-state index contributed by atoms with van der Waals surface area (Å²) in [6.07, 6.45) is -4.14. The average Bonchev–Trinajstić information content (AvgIpc) is 2.38. The maximum Gasteiger partial charge on any atom is 0.416 e. The van der Waals surface area contributed by atoms with Crippen LogP contribution < -0.4 is 5.73 Å². The topological polar surface area (TPSA) is 52.3 Å². The van der Waals surface area contributed by atoms with E-state index in [2.05, 4.69) is 4.74 Å². The molecule has 2 N–H and O–H groups in total. The zero-order valence-corrected chi connectivity index (χ0v) is 10.5. The highest BCUT2D eigenvalue weighted by Gasteiger charge is 2.34. The molecule has 6 heteroatoms. The third-order valence-electron chi connectivity index (χ3n) is 2.92. The second-order valence-corrected chi connectivity index (χ2v) is 4.13. The number of ether oxygens (including phenoxy) is 1. The summed E-state index contributed by atoms with van der Waals surface area (Å²) in [5.74, 6) is -0.972. The summed E-state index contributed by atoms with van der Waals surface area (Å²) in [4.78, 5) is 11.1. The number of hydrogen-bond donors (Lipinski definition) is 1. The van der Waals surface area contributed by atoms with E-state index < -0.39 is 23.6 Å². The molecular weight excluding hydrogens is 259 g/mol. The number of hydrogen-bond acceptors (Lipinski definition) is 3. The first-order chi connectivity index (χ1) is 8.90. The molecule has 1 atom stereocenters. The van der Waals surface area contributed by atoms with E-state index in [4.69, 9.17) is 5.73 Å². The lowest BCUT2D eigenvalue weighted by atomic mass is 9.90. The predicted molar refractivity (Wildman–Crippen MR) is 64.5 cm³/mol. The summed E-state index contributed by atoms with van der Waals surface area (Å²) in [6, 6.07) is 5.29. The molecule has 1 unspecified atom stereocenters. The van der Waals surface area contributed by atoms with E-state index in [1.54, 1.807) is 0 Å². The lowest BCUT2D eigenvalue weighted by Gasteiger charge is -2.20. The standard InChI is InChI=1S/C13H16F3NO2/c1-19-12(18)7-6-9(8-17)10-4-2-3-5-11(10)13(14,15)16/h2-5,9H,6-8,17H2,1H3. The molecule has 0 aliphatic carbocycles. The molecule has 1 aromatic carbocycles. The Bertz CT molecular complexity index is 432. The molecule has 3 nitrogen and oxygen atoms in total. The van der Waals surface area contributed by atoms with Gasteiger partial charge in [-0.05, 0) is 30.5 Å². The van der Waals surface area contributed by atoms with Crippen LogP contribution in [0, 0.1) is 0 Å². The van der Waals surface area contributed by atoms with Gasteiger partial charge in [0, 0.05) is 6.42 Å². The molecule has 0 radical (unpaired) electrons. The van der Waals surface area contributed by atoms with Crippen molar-refractivity contribution in [1.82, 2.24) is 0 Å². The highest BCUT2D eigenvalue weighted by molar-refractivity contribution is 5.69. The van der Waals surface area contributed by atoms with Crippen LogP contribution in [0.3, 0.4) is 0 Å². The van der Waals surface area contributed by atoms with Gasteiger partial charge in [0.15, 0.2) is 0 Å². The van der Waals surface area contributed by atoms with Crippen LogP contribution in [0.4, 0.5) is 13.2 Å². The SMILES string of the molecule is COC(=O)CCC(CN)c1ccccc1C(F)(F)F. The van der Waals surface area contributed by atoms with Gasteiger partial charge in [0.1, 0.15) is 0 Å². The number of alkyl halides is 3. The molecule has 0 heterocycles. The van der Waals surface area contributed by atoms with Gasteiger partial charge in [0.05, 0.1) is 12.7 Å². The highest BCUT2D eigenvalue weighted by atomic mass is 19.4. The molecule has 0 spiro atoms. The van der Waals surface area contributed by atoms with Crippen LogP contribution in [0.1, 0.15) is 29.9 Å². The number of nitrogens with two attached hydrogens (primary N) is 1. The first-order valence-corrected chi connectivity index (χ1v) is 5.83. The molecule has 0 aromatic heterocycles. The Balaban J connectivity index is 2.95.